The molecule has 1 aliphatic heterocycles. The maximum absolute atomic E-state index is 12.3. The molecular formula is C13H20N4O. The predicted molar refractivity (Wildman–Crippen MR) is 70.6 cm³/mol. The van der Waals surface area contributed by atoms with Crippen LogP contribution >= 0.6 is 0 Å². The van der Waals surface area contributed by atoms with Crippen LogP contribution in [0.1, 0.15) is 37.8 Å². The molecule has 2 atom stereocenters. The Labute approximate surface area is 107 Å². The number of hydrogen-bond donors (Lipinski definition) is 2. The van der Waals surface area contributed by atoms with Gasteiger partial charge in [-0.15, -0.1) is 0 Å². The second-order valence-electron chi connectivity index (χ2n) is 5.42. The molecule has 1 fully saturated rings. The average Bonchev–Trinajstić information content (AvgIpc) is 2.53. The van der Waals surface area contributed by atoms with Crippen LogP contribution in [0.3, 0.4) is 0 Å². The Bertz CT molecular complexity index is 480. The Balaban J connectivity index is 1.99. The van der Waals surface area contributed by atoms with Crippen molar-refractivity contribution in [2.45, 2.75) is 45.1 Å². The first-order valence-corrected chi connectivity index (χ1v) is 6.78. The summed E-state index contributed by atoms with van der Waals surface area (Å²) < 4.78 is 1.83. The number of fused-ring (bicyclic) bond motifs is 2. The van der Waals surface area contributed by atoms with Gasteiger partial charge in [0.15, 0.2) is 0 Å². The number of carbonyl (C=O) groups excluding carboxylic acids is 1. The number of nitrogens with one attached hydrogen (secondary N) is 2. The zero-order valence-electron chi connectivity index (χ0n) is 11.0. The fourth-order valence-electron chi connectivity index (χ4n) is 3.16. The van der Waals surface area contributed by atoms with Crippen molar-refractivity contribution in [3.05, 3.63) is 5.69 Å². The lowest BCUT2D eigenvalue weighted by Gasteiger charge is -2.22. The van der Waals surface area contributed by atoms with E-state index in [1.54, 1.807) is 0 Å². The highest BCUT2D eigenvalue weighted by atomic mass is 16.2. The van der Waals surface area contributed by atoms with Crippen LogP contribution in [0.25, 0.3) is 0 Å². The predicted octanol–water partition coefficient (Wildman–Crippen LogP) is 2.04. The molecule has 1 aliphatic carbocycles. The van der Waals surface area contributed by atoms with Crippen molar-refractivity contribution < 1.29 is 4.79 Å². The molecule has 18 heavy (non-hydrogen) atoms. The lowest BCUT2D eigenvalue weighted by Crippen LogP contribution is -2.34. The molecule has 2 aliphatic rings. The normalized spacial score (nSPS) is 27.3. The van der Waals surface area contributed by atoms with Crippen LogP contribution in [0, 0.1) is 12.8 Å². The quantitative estimate of drug-likeness (QED) is 0.738. The van der Waals surface area contributed by atoms with Crippen molar-refractivity contribution in [3.63, 3.8) is 0 Å². The molecule has 5 nitrogen and oxygen atoms in total. The summed E-state index contributed by atoms with van der Waals surface area (Å²) in [5.74, 6) is 1.21. The van der Waals surface area contributed by atoms with Crippen molar-refractivity contribution in [1.82, 2.24) is 9.78 Å². The number of rotatable bonds is 0. The van der Waals surface area contributed by atoms with E-state index in [-0.39, 0.29) is 17.9 Å². The van der Waals surface area contributed by atoms with Crippen LogP contribution < -0.4 is 10.6 Å². The van der Waals surface area contributed by atoms with Crippen molar-refractivity contribution in [2.75, 3.05) is 10.6 Å². The Morgan fingerprint density at radius 2 is 2.06 bits per heavy atom. The molecule has 1 saturated carbocycles. The zero-order chi connectivity index (χ0) is 12.7. The van der Waals surface area contributed by atoms with Crippen LogP contribution in [-0.2, 0) is 11.8 Å². The molecule has 0 radical (unpaired) electrons. The van der Waals surface area contributed by atoms with E-state index in [9.17, 15) is 4.79 Å². The number of amides is 1. The number of anilines is 2. The molecule has 0 spiro atoms. The lowest BCUT2D eigenvalue weighted by molar-refractivity contribution is -0.120. The molecular weight excluding hydrogens is 228 g/mol. The van der Waals surface area contributed by atoms with Crippen LogP contribution in [-0.4, -0.2) is 21.7 Å². The SMILES string of the molecule is Cc1nn(C)c2c1NC(=O)C1CCCCCC1N2. The first-order chi connectivity index (χ1) is 8.66. The molecule has 2 unspecified atom stereocenters. The van der Waals surface area contributed by atoms with Gasteiger partial charge in [0.05, 0.1) is 11.6 Å². The smallest absolute Gasteiger partial charge is 0.229 e. The van der Waals surface area contributed by atoms with Gasteiger partial charge in [-0.2, -0.15) is 5.10 Å². The van der Waals surface area contributed by atoms with E-state index >= 15 is 0 Å². The summed E-state index contributed by atoms with van der Waals surface area (Å²) in [4.78, 5) is 12.3. The maximum Gasteiger partial charge on any atom is 0.229 e. The summed E-state index contributed by atoms with van der Waals surface area (Å²) in [6.45, 7) is 1.93. The first-order valence-electron chi connectivity index (χ1n) is 6.78. The number of hydrogen-bond acceptors (Lipinski definition) is 3. The number of nitrogens with zero attached hydrogens (tertiary/aromatic N) is 2. The summed E-state index contributed by atoms with van der Waals surface area (Å²) in [7, 11) is 1.92. The highest BCUT2D eigenvalue weighted by molar-refractivity contribution is 5.98. The van der Waals surface area contributed by atoms with Gasteiger partial charge in [-0.05, 0) is 19.8 Å². The Kier molecular flexibility index (Phi) is 2.76. The minimum Gasteiger partial charge on any atom is -0.365 e. The van der Waals surface area contributed by atoms with Crippen molar-refractivity contribution >= 4 is 17.4 Å². The van der Waals surface area contributed by atoms with Crippen molar-refractivity contribution in [2.24, 2.45) is 13.0 Å². The topological polar surface area (TPSA) is 59.0 Å². The molecule has 2 N–H and O–H groups in total. The minimum atomic E-state index is 0.0966. The van der Waals surface area contributed by atoms with Gasteiger partial charge in [0.25, 0.3) is 0 Å². The van der Waals surface area contributed by atoms with E-state index in [0.29, 0.717) is 0 Å². The number of aromatic nitrogens is 2. The summed E-state index contributed by atoms with van der Waals surface area (Å²) >= 11 is 0. The summed E-state index contributed by atoms with van der Waals surface area (Å²) in [5, 5.41) is 11.0. The second kappa shape index (κ2) is 4.30. The molecule has 0 saturated heterocycles. The third-order valence-electron chi connectivity index (χ3n) is 4.15. The first kappa shape index (κ1) is 11.6. The monoisotopic (exact) mass is 248 g/mol. The summed E-state index contributed by atoms with van der Waals surface area (Å²) in [6.07, 6.45) is 5.66. The summed E-state index contributed by atoms with van der Waals surface area (Å²) in [5.41, 5.74) is 1.74. The molecule has 2 heterocycles. The molecule has 0 aromatic carbocycles. The molecule has 1 aromatic rings. The van der Waals surface area contributed by atoms with Crippen LogP contribution in [0.15, 0.2) is 0 Å². The fourth-order valence-corrected chi connectivity index (χ4v) is 3.16. The Morgan fingerprint density at radius 1 is 1.28 bits per heavy atom. The van der Waals surface area contributed by atoms with E-state index in [0.717, 1.165) is 36.5 Å². The molecule has 0 bridgehead atoms. The largest absolute Gasteiger partial charge is 0.365 e. The second-order valence-corrected chi connectivity index (χ2v) is 5.42. The van der Waals surface area contributed by atoms with E-state index in [4.69, 9.17) is 0 Å². The fraction of sp³-hybridized carbons (Fsp3) is 0.692. The van der Waals surface area contributed by atoms with Gasteiger partial charge in [0, 0.05) is 13.1 Å². The third-order valence-corrected chi connectivity index (χ3v) is 4.15. The van der Waals surface area contributed by atoms with Gasteiger partial charge >= 0.3 is 0 Å². The Hall–Kier alpha value is -1.52. The lowest BCUT2D eigenvalue weighted by atomic mass is 9.94. The van der Waals surface area contributed by atoms with Crippen molar-refractivity contribution in [1.29, 1.82) is 0 Å². The van der Waals surface area contributed by atoms with E-state index in [2.05, 4.69) is 15.7 Å². The molecule has 1 aromatic heterocycles. The van der Waals surface area contributed by atoms with Crippen LogP contribution in [0.4, 0.5) is 11.5 Å². The van der Waals surface area contributed by atoms with Crippen molar-refractivity contribution in [3.8, 4) is 0 Å². The zero-order valence-corrected chi connectivity index (χ0v) is 11.0. The summed E-state index contributed by atoms with van der Waals surface area (Å²) in [6, 6.07) is 0.253. The molecule has 3 rings (SSSR count). The standard InChI is InChI=1S/C13H20N4O/c1-8-11-12(17(2)16-8)14-10-7-5-3-4-6-9(10)13(18)15-11/h9-10,14H,3-7H2,1-2H3,(H,15,18). The third kappa shape index (κ3) is 1.78. The molecule has 1 amide bonds. The molecule has 5 heteroatoms. The van der Waals surface area contributed by atoms with E-state index in [1.165, 1.54) is 12.8 Å². The van der Waals surface area contributed by atoms with Crippen LogP contribution in [0.2, 0.25) is 0 Å². The van der Waals surface area contributed by atoms with Gasteiger partial charge in [0.2, 0.25) is 5.91 Å². The highest BCUT2D eigenvalue weighted by Crippen LogP contribution is 2.35. The van der Waals surface area contributed by atoms with E-state index in [1.807, 2.05) is 18.7 Å². The van der Waals surface area contributed by atoms with Crippen LogP contribution in [0.5, 0.6) is 0 Å². The Morgan fingerprint density at radius 3 is 2.89 bits per heavy atom. The van der Waals surface area contributed by atoms with Gasteiger partial charge in [-0.25, -0.2) is 0 Å². The van der Waals surface area contributed by atoms with Gasteiger partial charge in [0.1, 0.15) is 11.5 Å². The molecule has 98 valence electrons. The minimum absolute atomic E-state index is 0.0966. The van der Waals surface area contributed by atoms with Gasteiger partial charge in [-0.1, -0.05) is 19.3 Å². The van der Waals surface area contributed by atoms with Gasteiger partial charge in [-0.3, -0.25) is 9.48 Å². The van der Waals surface area contributed by atoms with E-state index < -0.39 is 0 Å². The average molecular weight is 248 g/mol. The van der Waals surface area contributed by atoms with Gasteiger partial charge < -0.3 is 10.6 Å². The highest BCUT2D eigenvalue weighted by Gasteiger charge is 2.34. The number of aryl methyl sites for hydroxylation is 2. The number of carbonyl (C=O) groups is 1. The maximum atomic E-state index is 12.3.